The third-order valence-electron chi connectivity index (χ3n) is 2.22. The number of hydrogen-bond acceptors (Lipinski definition) is 5. The van der Waals surface area contributed by atoms with Crippen LogP contribution in [0.3, 0.4) is 0 Å². The summed E-state index contributed by atoms with van der Waals surface area (Å²) in [5.41, 5.74) is 6.81. The van der Waals surface area contributed by atoms with Crippen molar-refractivity contribution >= 4 is 17.7 Å². The molecule has 0 aromatic carbocycles. The quantitative estimate of drug-likeness (QED) is 0.809. The Bertz CT molecular complexity index is 299. The minimum atomic E-state index is 0.156. The zero-order valence-corrected chi connectivity index (χ0v) is 11.0. The van der Waals surface area contributed by atoms with E-state index in [0.717, 1.165) is 30.2 Å². The van der Waals surface area contributed by atoms with Gasteiger partial charge >= 0.3 is 0 Å². The summed E-state index contributed by atoms with van der Waals surface area (Å²) in [6.07, 6.45) is 6.65. The van der Waals surface area contributed by atoms with Gasteiger partial charge in [0.25, 0.3) is 0 Å². The Kier molecular flexibility index (Phi) is 5.55. The summed E-state index contributed by atoms with van der Waals surface area (Å²) < 4.78 is 0. The summed E-state index contributed by atoms with van der Waals surface area (Å²) in [6.45, 7) is 2.95. The smallest absolute Gasteiger partial charge is 0.225 e. The molecule has 1 unspecified atom stereocenters. The molecule has 0 saturated heterocycles. The van der Waals surface area contributed by atoms with Crippen molar-refractivity contribution in [1.82, 2.24) is 9.97 Å². The predicted octanol–water partition coefficient (Wildman–Crippen LogP) is 1.17. The van der Waals surface area contributed by atoms with Gasteiger partial charge in [-0.3, -0.25) is 0 Å². The molecule has 0 spiro atoms. The fourth-order valence-electron chi connectivity index (χ4n) is 1.35. The Balaban J connectivity index is 2.56. The van der Waals surface area contributed by atoms with E-state index >= 15 is 0 Å². The zero-order valence-electron chi connectivity index (χ0n) is 10.2. The van der Waals surface area contributed by atoms with Gasteiger partial charge < -0.3 is 10.6 Å². The van der Waals surface area contributed by atoms with E-state index in [-0.39, 0.29) is 6.04 Å². The first-order valence-electron chi connectivity index (χ1n) is 5.40. The third-order valence-corrected chi connectivity index (χ3v) is 2.81. The van der Waals surface area contributed by atoms with Crippen LogP contribution in [0.1, 0.15) is 12.5 Å². The molecule has 5 heteroatoms. The molecule has 1 atom stereocenters. The van der Waals surface area contributed by atoms with Gasteiger partial charge in [0.1, 0.15) is 0 Å². The second kappa shape index (κ2) is 6.70. The van der Waals surface area contributed by atoms with Crippen LogP contribution in [-0.2, 0) is 6.42 Å². The minimum Gasteiger partial charge on any atom is -0.343 e. The maximum Gasteiger partial charge on any atom is 0.225 e. The predicted molar refractivity (Wildman–Crippen MR) is 71.0 cm³/mol. The van der Waals surface area contributed by atoms with Crippen molar-refractivity contribution in [2.24, 2.45) is 5.73 Å². The Hall–Kier alpha value is -0.810. The number of nitrogens with zero attached hydrogens (tertiary/aromatic N) is 3. The molecule has 0 saturated carbocycles. The van der Waals surface area contributed by atoms with E-state index in [4.69, 9.17) is 5.73 Å². The summed E-state index contributed by atoms with van der Waals surface area (Å²) in [7, 11) is 2.01. The van der Waals surface area contributed by atoms with Crippen LogP contribution in [0.25, 0.3) is 0 Å². The highest BCUT2D eigenvalue weighted by Gasteiger charge is 2.04. The standard InChI is InChI=1S/C11H20N4S/c1-9(12)6-10-7-13-11(14-8-10)15(2)4-5-16-3/h7-9H,4-6,12H2,1-3H3. The molecule has 0 radical (unpaired) electrons. The van der Waals surface area contributed by atoms with Gasteiger partial charge in [-0.1, -0.05) is 0 Å². The number of rotatable bonds is 6. The molecule has 1 aromatic heterocycles. The molecule has 90 valence electrons. The van der Waals surface area contributed by atoms with Crippen molar-refractivity contribution in [3.05, 3.63) is 18.0 Å². The van der Waals surface area contributed by atoms with E-state index in [2.05, 4.69) is 21.1 Å². The molecule has 1 rings (SSSR count). The molecule has 0 fully saturated rings. The SMILES string of the molecule is CSCCN(C)c1ncc(CC(C)N)cn1. The fourth-order valence-corrected chi connectivity index (χ4v) is 1.81. The Morgan fingerprint density at radius 2 is 2.06 bits per heavy atom. The van der Waals surface area contributed by atoms with E-state index in [1.54, 1.807) is 0 Å². The van der Waals surface area contributed by atoms with Crippen LogP contribution in [0.5, 0.6) is 0 Å². The second-order valence-corrected chi connectivity index (χ2v) is 4.97. The van der Waals surface area contributed by atoms with Gasteiger partial charge in [-0.2, -0.15) is 11.8 Å². The monoisotopic (exact) mass is 240 g/mol. The first-order valence-corrected chi connectivity index (χ1v) is 6.79. The zero-order chi connectivity index (χ0) is 12.0. The summed E-state index contributed by atoms with van der Waals surface area (Å²) in [6, 6.07) is 0.156. The lowest BCUT2D eigenvalue weighted by Crippen LogP contribution is -2.23. The summed E-state index contributed by atoms with van der Waals surface area (Å²) in [4.78, 5) is 10.7. The first-order chi connectivity index (χ1) is 7.63. The van der Waals surface area contributed by atoms with Crippen LogP contribution < -0.4 is 10.6 Å². The van der Waals surface area contributed by atoms with Crippen molar-refractivity contribution < 1.29 is 0 Å². The maximum absolute atomic E-state index is 5.72. The van der Waals surface area contributed by atoms with E-state index < -0.39 is 0 Å². The van der Waals surface area contributed by atoms with Gasteiger partial charge in [0.05, 0.1) is 0 Å². The van der Waals surface area contributed by atoms with E-state index in [1.165, 1.54) is 0 Å². The lowest BCUT2D eigenvalue weighted by Gasteiger charge is -2.16. The van der Waals surface area contributed by atoms with Gasteiger partial charge in [-0.05, 0) is 25.2 Å². The summed E-state index contributed by atoms with van der Waals surface area (Å²) in [5.74, 6) is 1.86. The third kappa shape index (κ3) is 4.37. The van der Waals surface area contributed by atoms with Crippen molar-refractivity contribution in [2.45, 2.75) is 19.4 Å². The van der Waals surface area contributed by atoms with Crippen molar-refractivity contribution in [1.29, 1.82) is 0 Å². The van der Waals surface area contributed by atoms with Crippen molar-refractivity contribution in [3.8, 4) is 0 Å². The van der Waals surface area contributed by atoms with Crippen molar-refractivity contribution in [3.63, 3.8) is 0 Å². The summed E-state index contributed by atoms with van der Waals surface area (Å²) >= 11 is 1.82. The Labute approximate surface area is 102 Å². The van der Waals surface area contributed by atoms with Gasteiger partial charge in [0, 0.05) is 37.8 Å². The molecule has 16 heavy (non-hydrogen) atoms. The fraction of sp³-hybridized carbons (Fsp3) is 0.636. The molecule has 2 N–H and O–H groups in total. The topological polar surface area (TPSA) is 55.0 Å². The second-order valence-electron chi connectivity index (χ2n) is 3.99. The molecule has 1 heterocycles. The van der Waals surface area contributed by atoms with E-state index in [0.29, 0.717) is 0 Å². The number of thioether (sulfide) groups is 1. The van der Waals surface area contributed by atoms with Crippen LogP contribution in [0, 0.1) is 0 Å². The van der Waals surface area contributed by atoms with Crippen LogP contribution in [-0.4, -0.2) is 41.6 Å². The highest BCUT2D eigenvalue weighted by Crippen LogP contribution is 2.07. The van der Waals surface area contributed by atoms with Crippen LogP contribution >= 0.6 is 11.8 Å². The highest BCUT2D eigenvalue weighted by molar-refractivity contribution is 7.98. The van der Waals surface area contributed by atoms with Crippen LogP contribution in [0.15, 0.2) is 12.4 Å². The molecular formula is C11H20N4S. The molecule has 1 aromatic rings. The number of nitrogens with two attached hydrogens (primary N) is 1. The van der Waals surface area contributed by atoms with Gasteiger partial charge in [-0.25, -0.2) is 9.97 Å². The van der Waals surface area contributed by atoms with Crippen LogP contribution in [0.4, 0.5) is 5.95 Å². The maximum atomic E-state index is 5.72. The number of anilines is 1. The van der Waals surface area contributed by atoms with E-state index in [9.17, 15) is 0 Å². The lowest BCUT2D eigenvalue weighted by molar-refractivity contribution is 0.731. The normalized spacial score (nSPS) is 12.5. The highest BCUT2D eigenvalue weighted by atomic mass is 32.2. The Morgan fingerprint density at radius 1 is 1.44 bits per heavy atom. The lowest BCUT2D eigenvalue weighted by atomic mass is 10.1. The van der Waals surface area contributed by atoms with Gasteiger partial charge in [-0.15, -0.1) is 0 Å². The average molecular weight is 240 g/mol. The number of hydrogen-bond donors (Lipinski definition) is 1. The minimum absolute atomic E-state index is 0.156. The molecular weight excluding hydrogens is 220 g/mol. The molecule has 0 aliphatic rings. The molecule has 0 bridgehead atoms. The van der Waals surface area contributed by atoms with Gasteiger partial charge in [0.15, 0.2) is 0 Å². The average Bonchev–Trinajstić information content (AvgIpc) is 2.26. The molecule has 0 amide bonds. The van der Waals surface area contributed by atoms with Crippen molar-refractivity contribution in [2.75, 3.05) is 30.5 Å². The van der Waals surface area contributed by atoms with Gasteiger partial charge in [0.2, 0.25) is 5.95 Å². The largest absolute Gasteiger partial charge is 0.343 e. The number of aromatic nitrogens is 2. The van der Waals surface area contributed by atoms with E-state index in [1.807, 2.05) is 38.1 Å². The van der Waals surface area contributed by atoms with Crippen LogP contribution in [0.2, 0.25) is 0 Å². The molecule has 0 aliphatic carbocycles. The first kappa shape index (κ1) is 13.3. The molecule has 4 nitrogen and oxygen atoms in total. The molecule has 0 aliphatic heterocycles. The Morgan fingerprint density at radius 3 is 2.56 bits per heavy atom. The summed E-state index contributed by atoms with van der Waals surface area (Å²) in [5, 5.41) is 0.